The maximum Gasteiger partial charge on any atom is 0.332 e. The van der Waals surface area contributed by atoms with Crippen molar-refractivity contribution in [1.29, 1.82) is 0 Å². The van der Waals surface area contributed by atoms with Crippen LogP contribution in [0, 0.1) is 0 Å². The van der Waals surface area contributed by atoms with E-state index >= 15 is 0 Å². The van der Waals surface area contributed by atoms with Gasteiger partial charge in [0.2, 0.25) is 0 Å². The molecule has 2 heterocycles. The van der Waals surface area contributed by atoms with Crippen molar-refractivity contribution in [3.05, 3.63) is 71.8 Å². The van der Waals surface area contributed by atoms with Gasteiger partial charge in [0, 0.05) is 0 Å². The molecule has 32 heavy (non-hydrogen) atoms. The molecule has 172 valence electrons. The SMILES string of the molecule is O=C1CO[C@H]2[C@@H](O1)[C@@H](COCc1ccccc1)O[C@@H](OCCO)[C@@H]2OCc1ccccc1. The van der Waals surface area contributed by atoms with Crippen molar-refractivity contribution in [2.24, 2.45) is 0 Å². The summed E-state index contributed by atoms with van der Waals surface area (Å²) in [5, 5.41) is 9.24. The molecule has 2 fully saturated rings. The topological polar surface area (TPSA) is 92.7 Å². The third-order valence-corrected chi connectivity index (χ3v) is 5.30. The lowest BCUT2D eigenvalue weighted by atomic mass is 9.97. The van der Waals surface area contributed by atoms with Gasteiger partial charge < -0.3 is 33.5 Å². The fourth-order valence-electron chi connectivity index (χ4n) is 3.81. The number of hydrogen-bond acceptors (Lipinski definition) is 8. The molecule has 8 nitrogen and oxygen atoms in total. The van der Waals surface area contributed by atoms with Crippen molar-refractivity contribution in [2.75, 3.05) is 26.4 Å². The van der Waals surface area contributed by atoms with Gasteiger partial charge in [-0.2, -0.15) is 0 Å². The summed E-state index contributed by atoms with van der Waals surface area (Å²) >= 11 is 0. The fourth-order valence-corrected chi connectivity index (χ4v) is 3.81. The lowest BCUT2D eigenvalue weighted by Gasteiger charge is -2.47. The van der Waals surface area contributed by atoms with Gasteiger partial charge in [0.25, 0.3) is 0 Å². The summed E-state index contributed by atoms with van der Waals surface area (Å²) < 4.78 is 35.2. The first kappa shape index (κ1) is 22.8. The lowest BCUT2D eigenvalue weighted by Crippen LogP contribution is -2.64. The Morgan fingerprint density at radius 1 is 0.906 bits per heavy atom. The van der Waals surface area contributed by atoms with Crippen LogP contribution in [0.15, 0.2) is 60.7 Å². The van der Waals surface area contributed by atoms with Crippen molar-refractivity contribution in [1.82, 2.24) is 0 Å². The highest BCUT2D eigenvalue weighted by atomic mass is 16.7. The van der Waals surface area contributed by atoms with Crippen LogP contribution in [0.5, 0.6) is 0 Å². The van der Waals surface area contributed by atoms with Crippen LogP contribution in [0.25, 0.3) is 0 Å². The maximum atomic E-state index is 11.9. The second-order valence-corrected chi connectivity index (χ2v) is 7.63. The largest absolute Gasteiger partial charge is 0.455 e. The number of aliphatic hydroxyl groups is 1. The molecule has 2 aromatic carbocycles. The molecule has 2 aromatic rings. The number of esters is 1. The smallest absolute Gasteiger partial charge is 0.332 e. The molecule has 8 heteroatoms. The first-order chi connectivity index (χ1) is 15.7. The molecule has 0 aromatic heterocycles. The third kappa shape index (κ3) is 5.92. The Labute approximate surface area is 186 Å². The molecule has 4 rings (SSSR count). The van der Waals surface area contributed by atoms with Crippen molar-refractivity contribution in [2.45, 2.75) is 43.9 Å². The van der Waals surface area contributed by atoms with Crippen LogP contribution >= 0.6 is 0 Å². The zero-order chi connectivity index (χ0) is 22.2. The Hall–Kier alpha value is -2.33. The quantitative estimate of drug-likeness (QED) is 0.555. The number of ether oxygens (including phenoxy) is 6. The first-order valence-corrected chi connectivity index (χ1v) is 10.7. The van der Waals surface area contributed by atoms with Crippen molar-refractivity contribution >= 4 is 5.97 Å². The Morgan fingerprint density at radius 2 is 1.59 bits per heavy atom. The van der Waals surface area contributed by atoms with Crippen LogP contribution in [0.4, 0.5) is 0 Å². The molecule has 0 radical (unpaired) electrons. The van der Waals surface area contributed by atoms with E-state index < -0.39 is 36.7 Å². The molecule has 1 N–H and O–H groups in total. The number of hydrogen-bond donors (Lipinski definition) is 1. The molecule has 0 aliphatic carbocycles. The Balaban J connectivity index is 1.45. The highest BCUT2D eigenvalue weighted by Gasteiger charge is 2.52. The van der Waals surface area contributed by atoms with Crippen LogP contribution in [0.1, 0.15) is 11.1 Å². The molecular formula is C24H28O8. The Kier molecular flexibility index (Phi) is 8.22. The third-order valence-electron chi connectivity index (χ3n) is 5.30. The molecule has 0 amide bonds. The standard InChI is InChI=1S/C24H28O8/c25-11-12-28-24-23(29-14-18-9-5-2-6-10-18)22-21(32-20(26)16-30-22)19(31-24)15-27-13-17-7-3-1-4-8-17/h1-10,19,21-25H,11-16H2/t19-,21+,22+,23-,24-/m1/s1. The number of fused-ring (bicyclic) bond motifs is 1. The summed E-state index contributed by atoms with van der Waals surface area (Å²) in [4.78, 5) is 11.9. The highest BCUT2D eigenvalue weighted by Crippen LogP contribution is 2.32. The van der Waals surface area contributed by atoms with Gasteiger partial charge in [-0.15, -0.1) is 0 Å². The monoisotopic (exact) mass is 444 g/mol. The average molecular weight is 444 g/mol. The molecule has 0 bridgehead atoms. The second kappa shape index (κ2) is 11.5. The second-order valence-electron chi connectivity index (χ2n) is 7.63. The van der Waals surface area contributed by atoms with Crippen LogP contribution in [-0.2, 0) is 46.4 Å². The van der Waals surface area contributed by atoms with E-state index in [9.17, 15) is 9.90 Å². The van der Waals surface area contributed by atoms with Crippen LogP contribution < -0.4 is 0 Å². The highest BCUT2D eigenvalue weighted by molar-refractivity contribution is 5.71. The van der Waals surface area contributed by atoms with E-state index in [4.69, 9.17) is 28.4 Å². The number of rotatable bonds is 10. The summed E-state index contributed by atoms with van der Waals surface area (Å²) in [6, 6.07) is 19.4. The molecule has 0 spiro atoms. The van der Waals surface area contributed by atoms with Gasteiger partial charge in [-0.25, -0.2) is 4.79 Å². The number of carbonyl (C=O) groups is 1. The van der Waals surface area contributed by atoms with Gasteiger partial charge in [-0.05, 0) is 11.1 Å². The van der Waals surface area contributed by atoms with Crippen LogP contribution in [0.2, 0.25) is 0 Å². The fraction of sp³-hybridized carbons (Fsp3) is 0.458. The van der Waals surface area contributed by atoms with E-state index in [1.165, 1.54) is 0 Å². The Morgan fingerprint density at radius 3 is 2.28 bits per heavy atom. The summed E-state index contributed by atoms with van der Waals surface area (Å²) in [5.74, 6) is -0.459. The summed E-state index contributed by atoms with van der Waals surface area (Å²) in [7, 11) is 0. The molecule has 2 aliphatic rings. The number of aliphatic hydroxyl groups excluding tert-OH is 1. The zero-order valence-corrected chi connectivity index (χ0v) is 17.7. The van der Waals surface area contributed by atoms with Gasteiger partial charge in [0.05, 0.1) is 33.0 Å². The summed E-state index contributed by atoms with van der Waals surface area (Å²) in [5.41, 5.74) is 2.00. The van der Waals surface area contributed by atoms with Gasteiger partial charge in [0.1, 0.15) is 24.9 Å². The number of benzene rings is 2. The zero-order valence-electron chi connectivity index (χ0n) is 17.7. The van der Waals surface area contributed by atoms with E-state index in [1.54, 1.807) is 0 Å². The van der Waals surface area contributed by atoms with Crippen molar-refractivity contribution in [3.8, 4) is 0 Å². The minimum absolute atomic E-state index is 0.0740. The molecular weight excluding hydrogens is 416 g/mol. The minimum atomic E-state index is -0.811. The maximum absolute atomic E-state index is 11.9. The van der Waals surface area contributed by atoms with Crippen LogP contribution in [-0.4, -0.2) is 68.2 Å². The van der Waals surface area contributed by atoms with E-state index in [-0.39, 0.29) is 26.4 Å². The molecule has 5 atom stereocenters. The first-order valence-electron chi connectivity index (χ1n) is 10.7. The van der Waals surface area contributed by atoms with Gasteiger partial charge in [-0.3, -0.25) is 0 Å². The van der Waals surface area contributed by atoms with Gasteiger partial charge in [0.15, 0.2) is 12.4 Å². The molecule has 2 saturated heterocycles. The van der Waals surface area contributed by atoms with Crippen LogP contribution in [0.3, 0.4) is 0 Å². The summed E-state index contributed by atoms with van der Waals surface area (Å²) in [6.07, 6.45) is -3.34. The lowest BCUT2D eigenvalue weighted by molar-refractivity contribution is -0.331. The van der Waals surface area contributed by atoms with E-state index in [2.05, 4.69) is 0 Å². The predicted octanol–water partition coefficient (Wildman–Crippen LogP) is 1.83. The summed E-state index contributed by atoms with van der Waals surface area (Å²) in [6.45, 7) is 0.620. The Bertz CT molecular complexity index is 830. The molecule has 0 saturated carbocycles. The number of carbonyl (C=O) groups excluding carboxylic acids is 1. The van der Waals surface area contributed by atoms with E-state index in [0.29, 0.717) is 13.2 Å². The van der Waals surface area contributed by atoms with Crippen molar-refractivity contribution in [3.63, 3.8) is 0 Å². The molecule has 0 unspecified atom stereocenters. The van der Waals surface area contributed by atoms with Gasteiger partial charge in [-0.1, -0.05) is 60.7 Å². The molecule has 2 aliphatic heterocycles. The van der Waals surface area contributed by atoms with Crippen molar-refractivity contribution < 1.29 is 38.3 Å². The minimum Gasteiger partial charge on any atom is -0.455 e. The van der Waals surface area contributed by atoms with Gasteiger partial charge >= 0.3 is 5.97 Å². The predicted molar refractivity (Wildman–Crippen MR) is 112 cm³/mol. The van der Waals surface area contributed by atoms with E-state index in [0.717, 1.165) is 11.1 Å². The van der Waals surface area contributed by atoms with E-state index in [1.807, 2.05) is 60.7 Å². The average Bonchev–Trinajstić information content (AvgIpc) is 2.83. The normalized spacial score (nSPS) is 27.5.